The van der Waals surface area contributed by atoms with E-state index in [2.05, 4.69) is 15.6 Å². The van der Waals surface area contributed by atoms with Gasteiger partial charge in [0, 0.05) is 11.6 Å². The molecule has 1 saturated heterocycles. The van der Waals surface area contributed by atoms with E-state index in [4.69, 9.17) is 27.9 Å². The molecule has 0 saturated carbocycles. The molecule has 8 nitrogen and oxygen atoms in total. The van der Waals surface area contributed by atoms with Crippen LogP contribution in [0.4, 0.5) is 10.5 Å². The van der Waals surface area contributed by atoms with Crippen molar-refractivity contribution in [3.63, 3.8) is 0 Å². The van der Waals surface area contributed by atoms with Crippen molar-refractivity contribution >= 4 is 46.7 Å². The summed E-state index contributed by atoms with van der Waals surface area (Å²) in [6.45, 7) is -0.283. The molecule has 1 unspecified atom stereocenters. The average molecular weight is 437 g/mol. The Labute approximate surface area is 177 Å². The summed E-state index contributed by atoms with van der Waals surface area (Å²) in [6.07, 6.45) is 1.60. The lowest BCUT2D eigenvalue weighted by atomic mass is 9.97. The summed E-state index contributed by atoms with van der Waals surface area (Å²) in [5, 5.41) is 5.98. The van der Waals surface area contributed by atoms with Crippen LogP contribution < -0.4 is 15.4 Å². The van der Waals surface area contributed by atoms with Gasteiger partial charge in [-0.25, -0.2) is 9.78 Å². The molecule has 4 amide bonds. The minimum absolute atomic E-state index is 0.0968. The number of hydrogen-bond acceptors (Lipinski definition) is 5. The number of amides is 4. The molecule has 10 heteroatoms. The van der Waals surface area contributed by atoms with Gasteiger partial charge in [-0.05, 0) is 42.3 Å². The fraction of sp³-hybridized carbons (Fsp3) is 0.263. The molecular weight excluding hydrogens is 419 g/mol. The fourth-order valence-electron chi connectivity index (χ4n) is 2.97. The van der Waals surface area contributed by atoms with E-state index in [0.717, 1.165) is 4.90 Å². The summed E-state index contributed by atoms with van der Waals surface area (Å²) in [4.78, 5) is 42.5. The Bertz CT molecular complexity index is 936. The standard InChI is InChI=1S/C19H18Cl2N4O4/c1-29-15-4-2-13(20)7-11(15)6-12-8-23-17(26)10-25(18(12)27)19(28)24-14-3-5-16(21)22-9-14/h2-5,7,9,12H,6,8,10H2,1H3,(H,23,26)(H,24,28). The molecule has 1 aromatic heterocycles. The Morgan fingerprint density at radius 1 is 1.31 bits per heavy atom. The first kappa shape index (κ1) is 20.9. The monoisotopic (exact) mass is 436 g/mol. The van der Waals surface area contributed by atoms with Gasteiger partial charge in [0.2, 0.25) is 11.8 Å². The molecule has 0 radical (unpaired) electrons. The van der Waals surface area contributed by atoms with Gasteiger partial charge in [-0.3, -0.25) is 14.5 Å². The predicted molar refractivity (Wildman–Crippen MR) is 108 cm³/mol. The van der Waals surface area contributed by atoms with E-state index in [9.17, 15) is 14.4 Å². The van der Waals surface area contributed by atoms with Gasteiger partial charge in [-0.15, -0.1) is 0 Å². The smallest absolute Gasteiger partial charge is 0.329 e. The molecule has 2 N–H and O–H groups in total. The van der Waals surface area contributed by atoms with Crippen LogP contribution in [-0.2, 0) is 16.0 Å². The van der Waals surface area contributed by atoms with Crippen molar-refractivity contribution in [2.24, 2.45) is 5.92 Å². The summed E-state index contributed by atoms with van der Waals surface area (Å²) >= 11 is 11.8. The number of carbonyl (C=O) groups excluding carboxylic acids is 3. The Morgan fingerprint density at radius 3 is 2.79 bits per heavy atom. The van der Waals surface area contributed by atoms with Crippen molar-refractivity contribution in [1.82, 2.24) is 15.2 Å². The molecule has 0 bridgehead atoms. The number of ether oxygens (including phenoxy) is 1. The quantitative estimate of drug-likeness (QED) is 0.717. The highest BCUT2D eigenvalue weighted by molar-refractivity contribution is 6.30. The number of halogens is 2. The zero-order valence-corrected chi connectivity index (χ0v) is 17.0. The van der Waals surface area contributed by atoms with E-state index in [-0.39, 0.29) is 24.7 Å². The van der Waals surface area contributed by atoms with Crippen molar-refractivity contribution in [3.05, 3.63) is 52.3 Å². The van der Waals surface area contributed by atoms with Gasteiger partial charge < -0.3 is 15.4 Å². The average Bonchev–Trinajstić information content (AvgIpc) is 2.83. The Morgan fingerprint density at radius 2 is 2.10 bits per heavy atom. The SMILES string of the molecule is COc1ccc(Cl)cc1CC1CNC(=O)CN(C(=O)Nc2ccc(Cl)nc2)C1=O. The first-order valence-electron chi connectivity index (χ1n) is 8.70. The molecule has 1 aliphatic rings. The number of urea groups is 1. The molecule has 1 aliphatic heterocycles. The van der Waals surface area contributed by atoms with Crippen LogP contribution in [0.5, 0.6) is 5.75 Å². The van der Waals surface area contributed by atoms with Crippen LogP contribution in [0, 0.1) is 5.92 Å². The summed E-state index contributed by atoms with van der Waals surface area (Å²) in [6, 6.07) is 7.41. The second-order valence-electron chi connectivity index (χ2n) is 6.39. The first-order valence-corrected chi connectivity index (χ1v) is 9.46. The third-order valence-corrected chi connectivity index (χ3v) is 4.85. The second kappa shape index (κ2) is 9.11. The number of methoxy groups -OCH3 is 1. The fourth-order valence-corrected chi connectivity index (χ4v) is 3.27. The molecule has 2 heterocycles. The number of hydrogen-bond donors (Lipinski definition) is 2. The Hall–Kier alpha value is -2.84. The van der Waals surface area contributed by atoms with Crippen molar-refractivity contribution in [3.8, 4) is 5.75 Å². The van der Waals surface area contributed by atoms with Crippen molar-refractivity contribution in [1.29, 1.82) is 0 Å². The number of nitrogens with one attached hydrogen (secondary N) is 2. The highest BCUT2D eigenvalue weighted by Crippen LogP contribution is 2.26. The maximum Gasteiger partial charge on any atom is 0.329 e. The molecule has 1 atom stereocenters. The molecule has 1 fully saturated rings. The molecule has 2 aromatic rings. The van der Waals surface area contributed by atoms with E-state index in [1.54, 1.807) is 24.3 Å². The Balaban J connectivity index is 1.80. The summed E-state index contributed by atoms with van der Waals surface area (Å²) in [5.74, 6) is -1.00. The normalized spacial score (nSPS) is 16.8. The zero-order valence-electron chi connectivity index (χ0n) is 15.4. The van der Waals surface area contributed by atoms with Crippen LogP contribution in [0.25, 0.3) is 0 Å². The van der Waals surface area contributed by atoms with Gasteiger partial charge in [0.05, 0.1) is 24.9 Å². The molecule has 3 rings (SSSR count). The lowest BCUT2D eigenvalue weighted by molar-refractivity contribution is -0.133. The minimum Gasteiger partial charge on any atom is -0.496 e. The van der Waals surface area contributed by atoms with E-state index in [0.29, 0.717) is 22.0 Å². The summed E-state index contributed by atoms with van der Waals surface area (Å²) < 4.78 is 5.32. The molecule has 152 valence electrons. The van der Waals surface area contributed by atoms with Gasteiger partial charge in [0.25, 0.3) is 0 Å². The van der Waals surface area contributed by atoms with Gasteiger partial charge >= 0.3 is 6.03 Å². The largest absolute Gasteiger partial charge is 0.496 e. The number of carbonyl (C=O) groups is 3. The molecular formula is C19H18Cl2N4O4. The minimum atomic E-state index is -0.723. The first-order chi connectivity index (χ1) is 13.9. The van der Waals surface area contributed by atoms with Gasteiger partial charge in [0.1, 0.15) is 17.4 Å². The molecule has 29 heavy (non-hydrogen) atoms. The molecule has 1 aromatic carbocycles. The van der Waals surface area contributed by atoms with Crippen LogP contribution in [0.15, 0.2) is 36.5 Å². The van der Waals surface area contributed by atoms with Gasteiger partial charge in [-0.2, -0.15) is 0 Å². The zero-order chi connectivity index (χ0) is 21.0. The van der Waals surface area contributed by atoms with E-state index in [1.165, 1.54) is 19.4 Å². The van der Waals surface area contributed by atoms with Crippen molar-refractivity contribution < 1.29 is 19.1 Å². The summed E-state index contributed by atoms with van der Waals surface area (Å²) in [7, 11) is 1.52. The van der Waals surface area contributed by atoms with Crippen molar-refractivity contribution in [2.45, 2.75) is 6.42 Å². The second-order valence-corrected chi connectivity index (χ2v) is 7.21. The van der Waals surface area contributed by atoms with Gasteiger partial charge in [-0.1, -0.05) is 23.2 Å². The Kier molecular flexibility index (Phi) is 6.56. The number of imide groups is 1. The van der Waals surface area contributed by atoms with Crippen LogP contribution in [0.3, 0.4) is 0 Å². The predicted octanol–water partition coefficient (Wildman–Crippen LogP) is 2.75. The van der Waals surface area contributed by atoms with Crippen LogP contribution in [0.2, 0.25) is 10.2 Å². The maximum absolute atomic E-state index is 13.0. The molecule has 0 spiro atoms. The number of nitrogens with zero attached hydrogens (tertiary/aromatic N) is 2. The van der Waals surface area contributed by atoms with Crippen molar-refractivity contribution in [2.75, 3.05) is 25.5 Å². The van der Waals surface area contributed by atoms with Crippen LogP contribution in [0.1, 0.15) is 5.56 Å². The number of pyridine rings is 1. The molecule has 0 aliphatic carbocycles. The van der Waals surface area contributed by atoms with Crippen LogP contribution in [-0.4, -0.2) is 47.9 Å². The van der Waals surface area contributed by atoms with E-state index < -0.39 is 23.8 Å². The third kappa shape index (κ3) is 5.16. The highest BCUT2D eigenvalue weighted by Gasteiger charge is 2.34. The lowest BCUT2D eigenvalue weighted by Crippen LogP contribution is -2.44. The maximum atomic E-state index is 13.0. The summed E-state index contributed by atoms with van der Waals surface area (Å²) in [5.41, 5.74) is 1.06. The topological polar surface area (TPSA) is 101 Å². The number of benzene rings is 1. The van der Waals surface area contributed by atoms with Crippen LogP contribution >= 0.6 is 23.2 Å². The third-order valence-electron chi connectivity index (χ3n) is 4.40. The lowest BCUT2D eigenvalue weighted by Gasteiger charge is -2.22. The number of aromatic nitrogens is 1. The van der Waals surface area contributed by atoms with E-state index >= 15 is 0 Å². The highest BCUT2D eigenvalue weighted by atomic mass is 35.5. The van der Waals surface area contributed by atoms with Gasteiger partial charge in [0.15, 0.2) is 0 Å². The number of anilines is 1. The number of rotatable bonds is 4. The van der Waals surface area contributed by atoms with E-state index in [1.807, 2.05) is 0 Å².